The van der Waals surface area contributed by atoms with Crippen LogP contribution in [0.5, 0.6) is 0 Å². The third kappa shape index (κ3) is 4.27. The van der Waals surface area contributed by atoms with Crippen molar-refractivity contribution in [1.82, 2.24) is 4.90 Å². The largest absolute Gasteiger partial charge is 0.337 e. The Labute approximate surface area is 158 Å². The first-order valence-corrected chi connectivity index (χ1v) is 9.57. The topological polar surface area (TPSA) is 49.4 Å². The number of amides is 2. The summed E-state index contributed by atoms with van der Waals surface area (Å²) in [6, 6.07) is 6.48. The number of aryl methyl sites for hydroxylation is 1. The molecule has 0 bridgehead atoms. The molecule has 132 valence electrons. The summed E-state index contributed by atoms with van der Waals surface area (Å²) in [6.07, 6.45) is 1.87. The van der Waals surface area contributed by atoms with Gasteiger partial charge in [-0.3, -0.25) is 9.59 Å². The van der Waals surface area contributed by atoms with Crippen molar-refractivity contribution in [3.05, 3.63) is 50.6 Å². The summed E-state index contributed by atoms with van der Waals surface area (Å²) in [6.45, 7) is 2.01. The van der Waals surface area contributed by atoms with Crippen molar-refractivity contribution < 1.29 is 14.0 Å². The minimum atomic E-state index is -0.344. The van der Waals surface area contributed by atoms with Crippen LogP contribution < -0.4 is 5.32 Å². The molecule has 0 saturated heterocycles. The summed E-state index contributed by atoms with van der Waals surface area (Å²) in [5.41, 5.74) is 1.25. The summed E-state index contributed by atoms with van der Waals surface area (Å²) in [4.78, 5) is 26.6. The Morgan fingerprint density at radius 1 is 1.36 bits per heavy atom. The Bertz CT molecular complexity index is 832. The van der Waals surface area contributed by atoms with Crippen molar-refractivity contribution in [3.63, 3.8) is 0 Å². The molecule has 1 aromatic carbocycles. The molecular formula is C18H18BrFN2O2S. The molecule has 1 aromatic heterocycles. The van der Waals surface area contributed by atoms with Crippen LogP contribution in [0.2, 0.25) is 0 Å². The molecule has 7 heteroatoms. The molecule has 0 radical (unpaired) electrons. The van der Waals surface area contributed by atoms with E-state index in [4.69, 9.17) is 0 Å². The van der Waals surface area contributed by atoms with Crippen LogP contribution in [0, 0.1) is 18.7 Å². The zero-order valence-electron chi connectivity index (χ0n) is 13.9. The molecule has 1 saturated carbocycles. The van der Waals surface area contributed by atoms with E-state index in [1.165, 1.54) is 22.3 Å². The highest BCUT2D eigenvalue weighted by atomic mass is 79.9. The van der Waals surface area contributed by atoms with E-state index in [-0.39, 0.29) is 30.1 Å². The molecule has 2 amide bonds. The molecule has 1 aliphatic carbocycles. The van der Waals surface area contributed by atoms with Crippen molar-refractivity contribution in [2.24, 2.45) is 5.92 Å². The Morgan fingerprint density at radius 3 is 2.76 bits per heavy atom. The highest BCUT2D eigenvalue weighted by Gasteiger charge is 2.30. The average Bonchev–Trinajstić information content (AvgIpc) is 3.34. The first-order chi connectivity index (χ1) is 11.8. The van der Waals surface area contributed by atoms with Crippen LogP contribution >= 0.6 is 27.3 Å². The van der Waals surface area contributed by atoms with Crippen LogP contribution in [-0.4, -0.2) is 23.8 Å². The molecule has 1 aliphatic rings. The molecule has 1 heterocycles. The molecule has 25 heavy (non-hydrogen) atoms. The quantitative estimate of drug-likeness (QED) is 0.763. The van der Waals surface area contributed by atoms with E-state index >= 15 is 0 Å². The van der Waals surface area contributed by atoms with E-state index in [1.54, 1.807) is 19.2 Å². The highest BCUT2D eigenvalue weighted by molar-refractivity contribution is 9.10. The van der Waals surface area contributed by atoms with Gasteiger partial charge in [-0.1, -0.05) is 15.9 Å². The van der Waals surface area contributed by atoms with Crippen molar-refractivity contribution in [3.8, 4) is 0 Å². The van der Waals surface area contributed by atoms with Gasteiger partial charge < -0.3 is 10.2 Å². The Balaban J connectivity index is 1.72. The summed E-state index contributed by atoms with van der Waals surface area (Å²) in [5.74, 6) is -0.398. The molecule has 0 aliphatic heterocycles. The predicted molar refractivity (Wildman–Crippen MR) is 100 cm³/mol. The van der Waals surface area contributed by atoms with Gasteiger partial charge in [-0.05, 0) is 49.6 Å². The number of nitrogens with zero attached hydrogens (tertiary/aromatic N) is 1. The van der Waals surface area contributed by atoms with Gasteiger partial charge in [-0.15, -0.1) is 11.3 Å². The van der Waals surface area contributed by atoms with Crippen molar-refractivity contribution >= 4 is 44.1 Å². The number of hydrogen-bond donors (Lipinski definition) is 1. The maximum absolute atomic E-state index is 13.9. The number of halogens is 2. The summed E-state index contributed by atoms with van der Waals surface area (Å²) >= 11 is 4.58. The minimum Gasteiger partial charge on any atom is -0.337 e. The lowest BCUT2D eigenvalue weighted by molar-refractivity contribution is -0.117. The number of benzene rings is 1. The average molecular weight is 425 g/mol. The third-order valence-electron chi connectivity index (χ3n) is 4.07. The number of anilines is 1. The lowest BCUT2D eigenvalue weighted by Gasteiger charge is -2.17. The van der Waals surface area contributed by atoms with E-state index in [0.29, 0.717) is 15.4 Å². The first-order valence-electron chi connectivity index (χ1n) is 7.96. The zero-order valence-corrected chi connectivity index (χ0v) is 16.3. The molecule has 1 N–H and O–H groups in total. The van der Waals surface area contributed by atoms with Crippen LogP contribution in [-0.2, 0) is 11.3 Å². The Hall–Kier alpha value is -1.73. The number of nitrogens with one attached hydrogen (secondary N) is 1. The van der Waals surface area contributed by atoms with Gasteiger partial charge in [0.1, 0.15) is 5.82 Å². The molecule has 0 spiro atoms. The second kappa shape index (κ2) is 7.25. The van der Waals surface area contributed by atoms with Crippen molar-refractivity contribution in [2.45, 2.75) is 26.3 Å². The van der Waals surface area contributed by atoms with Crippen LogP contribution in [0.25, 0.3) is 0 Å². The molecular weight excluding hydrogens is 407 g/mol. The monoisotopic (exact) mass is 424 g/mol. The van der Waals surface area contributed by atoms with Gasteiger partial charge in [0.15, 0.2) is 0 Å². The van der Waals surface area contributed by atoms with E-state index in [0.717, 1.165) is 22.9 Å². The SMILES string of the molecule is Cc1cc(NC(=O)C2CC2)sc1C(=O)N(C)Cc1cc(Br)ccc1F. The smallest absolute Gasteiger partial charge is 0.264 e. The number of hydrogen-bond acceptors (Lipinski definition) is 3. The standard InChI is InChI=1S/C18H18BrFN2O2S/c1-10-7-15(21-17(23)11-3-4-11)25-16(10)18(24)22(2)9-12-8-13(19)5-6-14(12)20/h5-8,11H,3-4,9H2,1-2H3,(H,21,23). The van der Waals surface area contributed by atoms with Gasteiger partial charge in [0.2, 0.25) is 5.91 Å². The molecule has 1 fully saturated rings. The summed E-state index contributed by atoms with van der Waals surface area (Å²) in [5, 5.41) is 3.55. The first kappa shape index (κ1) is 18.1. The van der Waals surface area contributed by atoms with Crippen molar-refractivity contribution in [1.29, 1.82) is 0 Å². The van der Waals surface area contributed by atoms with Crippen LogP contribution in [0.3, 0.4) is 0 Å². The summed E-state index contributed by atoms with van der Waals surface area (Å²) in [7, 11) is 1.64. The molecule has 4 nitrogen and oxygen atoms in total. The maximum atomic E-state index is 13.9. The van der Waals surface area contributed by atoms with Gasteiger partial charge in [0.25, 0.3) is 5.91 Å². The fourth-order valence-electron chi connectivity index (χ4n) is 2.49. The minimum absolute atomic E-state index is 0.0183. The fraction of sp³-hybridized carbons (Fsp3) is 0.333. The maximum Gasteiger partial charge on any atom is 0.264 e. The summed E-state index contributed by atoms with van der Waals surface area (Å²) < 4.78 is 14.7. The molecule has 0 atom stereocenters. The van der Waals surface area contributed by atoms with Crippen LogP contribution in [0.15, 0.2) is 28.7 Å². The Morgan fingerprint density at radius 2 is 2.08 bits per heavy atom. The number of carbonyl (C=O) groups is 2. The lowest BCUT2D eigenvalue weighted by atomic mass is 10.2. The second-order valence-corrected chi connectivity index (χ2v) is 8.25. The third-order valence-corrected chi connectivity index (χ3v) is 5.70. The second-order valence-electron chi connectivity index (χ2n) is 6.28. The Kier molecular flexibility index (Phi) is 5.24. The molecule has 3 rings (SSSR count). The number of rotatable bonds is 5. The van der Waals surface area contributed by atoms with Gasteiger partial charge in [-0.2, -0.15) is 0 Å². The van der Waals surface area contributed by atoms with E-state index < -0.39 is 0 Å². The normalized spacial score (nSPS) is 13.6. The number of thiophene rings is 1. The predicted octanol–water partition coefficient (Wildman–Crippen LogP) is 4.58. The van der Waals surface area contributed by atoms with Gasteiger partial charge in [0.05, 0.1) is 9.88 Å². The fourth-order valence-corrected chi connectivity index (χ4v) is 3.97. The van der Waals surface area contributed by atoms with Gasteiger partial charge >= 0.3 is 0 Å². The van der Waals surface area contributed by atoms with Gasteiger partial charge in [0, 0.05) is 29.5 Å². The van der Waals surface area contributed by atoms with Gasteiger partial charge in [-0.25, -0.2) is 4.39 Å². The highest BCUT2D eigenvalue weighted by Crippen LogP contribution is 2.33. The van der Waals surface area contributed by atoms with E-state index in [9.17, 15) is 14.0 Å². The van der Waals surface area contributed by atoms with Crippen LogP contribution in [0.4, 0.5) is 9.39 Å². The molecule has 0 unspecified atom stereocenters. The number of carbonyl (C=O) groups excluding carboxylic acids is 2. The lowest BCUT2D eigenvalue weighted by Crippen LogP contribution is -2.26. The van der Waals surface area contributed by atoms with Crippen molar-refractivity contribution in [2.75, 3.05) is 12.4 Å². The van der Waals surface area contributed by atoms with E-state index in [1.807, 2.05) is 13.0 Å². The molecule has 2 aromatic rings. The zero-order chi connectivity index (χ0) is 18.1. The van der Waals surface area contributed by atoms with Crippen LogP contribution in [0.1, 0.15) is 33.6 Å². The van der Waals surface area contributed by atoms with E-state index in [2.05, 4.69) is 21.2 Å².